The largest absolute Gasteiger partial charge is 0.416 e. The summed E-state index contributed by atoms with van der Waals surface area (Å²) in [6.45, 7) is 3.55. The molecular weight excluding hydrogens is 443 g/mol. The standard InChI is InChI=1S/C22H26F3N3O3S/c1-16-7-9-17(10-8-16)20(28-11-2-3-12-28)14-26-21(29)15-27-32(30,31)19-6-4-5-18(13-19)22(23,24)25/h4-10,13,20,27H,2-3,11-12,14-15H2,1H3,(H,26,29). The van der Waals surface area contributed by atoms with E-state index >= 15 is 0 Å². The molecule has 1 atom stereocenters. The smallest absolute Gasteiger partial charge is 0.353 e. The molecule has 1 heterocycles. The summed E-state index contributed by atoms with van der Waals surface area (Å²) in [6, 6.07) is 11.4. The van der Waals surface area contributed by atoms with Gasteiger partial charge in [0, 0.05) is 6.54 Å². The highest BCUT2D eigenvalue weighted by atomic mass is 32.2. The van der Waals surface area contributed by atoms with Crippen molar-refractivity contribution in [2.45, 2.75) is 36.9 Å². The molecular formula is C22H26F3N3O3S. The van der Waals surface area contributed by atoms with Gasteiger partial charge in [-0.1, -0.05) is 35.9 Å². The second-order valence-electron chi connectivity index (χ2n) is 7.82. The average Bonchev–Trinajstić information content (AvgIpc) is 3.28. The molecule has 0 saturated carbocycles. The molecule has 1 saturated heterocycles. The van der Waals surface area contributed by atoms with Crippen molar-refractivity contribution < 1.29 is 26.4 Å². The predicted octanol–water partition coefficient (Wildman–Crippen LogP) is 3.25. The highest BCUT2D eigenvalue weighted by Crippen LogP contribution is 2.30. The van der Waals surface area contributed by atoms with Crippen LogP contribution in [0.2, 0.25) is 0 Å². The maximum atomic E-state index is 12.9. The molecule has 10 heteroatoms. The SMILES string of the molecule is Cc1ccc(C(CNC(=O)CNS(=O)(=O)c2cccc(C(F)(F)F)c2)N2CCCC2)cc1. The Morgan fingerprint density at radius 2 is 1.75 bits per heavy atom. The van der Waals surface area contributed by atoms with Crippen LogP contribution in [0.1, 0.15) is 35.6 Å². The Labute approximate surface area is 185 Å². The minimum absolute atomic E-state index is 0.0397. The van der Waals surface area contributed by atoms with Gasteiger partial charge in [0.15, 0.2) is 0 Å². The van der Waals surface area contributed by atoms with E-state index in [0.29, 0.717) is 12.6 Å². The summed E-state index contributed by atoms with van der Waals surface area (Å²) in [6.07, 6.45) is -2.51. The predicted molar refractivity (Wildman–Crippen MR) is 114 cm³/mol. The molecule has 1 aliphatic rings. The average molecular weight is 470 g/mol. The highest BCUT2D eigenvalue weighted by Gasteiger charge is 2.31. The summed E-state index contributed by atoms with van der Waals surface area (Å²) < 4.78 is 65.3. The molecule has 2 aromatic rings. The number of rotatable bonds is 8. The third kappa shape index (κ3) is 6.30. The van der Waals surface area contributed by atoms with E-state index in [1.54, 1.807) is 0 Å². The normalized spacial score (nSPS) is 16.1. The van der Waals surface area contributed by atoms with Gasteiger partial charge in [0.2, 0.25) is 15.9 Å². The monoisotopic (exact) mass is 469 g/mol. The van der Waals surface area contributed by atoms with Crippen LogP contribution >= 0.6 is 0 Å². The lowest BCUT2D eigenvalue weighted by Gasteiger charge is -2.28. The number of benzene rings is 2. The molecule has 6 nitrogen and oxygen atoms in total. The number of nitrogens with one attached hydrogen (secondary N) is 2. The maximum absolute atomic E-state index is 12.9. The Kier molecular flexibility index (Phi) is 7.58. The first-order valence-electron chi connectivity index (χ1n) is 10.3. The van der Waals surface area contributed by atoms with Gasteiger partial charge in [0.05, 0.1) is 23.0 Å². The lowest BCUT2D eigenvalue weighted by atomic mass is 10.0. The van der Waals surface area contributed by atoms with Gasteiger partial charge in [0.1, 0.15) is 0 Å². The number of hydrogen-bond donors (Lipinski definition) is 2. The number of halogens is 3. The molecule has 32 heavy (non-hydrogen) atoms. The van der Waals surface area contributed by atoms with Crippen LogP contribution in [-0.2, 0) is 21.0 Å². The maximum Gasteiger partial charge on any atom is 0.416 e. The zero-order chi connectivity index (χ0) is 23.4. The van der Waals surface area contributed by atoms with Crippen LogP contribution in [0.5, 0.6) is 0 Å². The van der Waals surface area contributed by atoms with Gasteiger partial charge in [-0.2, -0.15) is 13.2 Å². The van der Waals surface area contributed by atoms with E-state index in [0.717, 1.165) is 55.3 Å². The Morgan fingerprint density at radius 1 is 1.09 bits per heavy atom. The van der Waals surface area contributed by atoms with Crippen LogP contribution in [0.3, 0.4) is 0 Å². The Morgan fingerprint density at radius 3 is 2.38 bits per heavy atom. The molecule has 0 aliphatic carbocycles. The molecule has 0 spiro atoms. The van der Waals surface area contributed by atoms with Crippen LogP contribution in [0.4, 0.5) is 13.2 Å². The Balaban J connectivity index is 1.61. The molecule has 174 valence electrons. The summed E-state index contributed by atoms with van der Waals surface area (Å²) >= 11 is 0. The molecule has 1 unspecified atom stereocenters. The third-order valence-electron chi connectivity index (χ3n) is 5.43. The van der Waals surface area contributed by atoms with Crippen molar-refractivity contribution in [3.05, 3.63) is 65.2 Å². The topological polar surface area (TPSA) is 78.5 Å². The van der Waals surface area contributed by atoms with Gasteiger partial charge in [-0.3, -0.25) is 9.69 Å². The first-order valence-corrected chi connectivity index (χ1v) is 11.8. The number of carbonyl (C=O) groups is 1. The number of alkyl halides is 3. The Hall–Kier alpha value is -2.43. The minimum Gasteiger partial charge on any atom is -0.353 e. The summed E-state index contributed by atoms with van der Waals surface area (Å²) in [5.41, 5.74) is 1.11. The number of likely N-dealkylation sites (tertiary alicyclic amines) is 1. The van der Waals surface area contributed by atoms with E-state index in [4.69, 9.17) is 0 Å². The molecule has 0 bridgehead atoms. The number of sulfonamides is 1. The molecule has 0 aromatic heterocycles. The van der Waals surface area contributed by atoms with E-state index in [1.165, 1.54) is 0 Å². The van der Waals surface area contributed by atoms with E-state index in [2.05, 4.69) is 14.9 Å². The fourth-order valence-electron chi connectivity index (χ4n) is 3.66. The summed E-state index contributed by atoms with van der Waals surface area (Å²) in [5, 5.41) is 2.74. The van der Waals surface area contributed by atoms with E-state index in [9.17, 15) is 26.4 Å². The van der Waals surface area contributed by atoms with Crippen molar-refractivity contribution in [1.29, 1.82) is 0 Å². The van der Waals surface area contributed by atoms with E-state index < -0.39 is 39.1 Å². The minimum atomic E-state index is -4.66. The molecule has 0 radical (unpaired) electrons. The van der Waals surface area contributed by atoms with Crippen LogP contribution < -0.4 is 10.0 Å². The van der Waals surface area contributed by atoms with Crippen molar-refractivity contribution >= 4 is 15.9 Å². The summed E-state index contributed by atoms with van der Waals surface area (Å²) in [7, 11) is -4.27. The number of carbonyl (C=O) groups excluding carboxylic acids is 1. The quantitative estimate of drug-likeness (QED) is 0.622. The van der Waals surface area contributed by atoms with Gasteiger partial charge in [0.25, 0.3) is 0 Å². The van der Waals surface area contributed by atoms with Crippen molar-refractivity contribution in [1.82, 2.24) is 14.9 Å². The lowest BCUT2D eigenvalue weighted by molar-refractivity contribution is -0.137. The number of nitrogens with zero attached hydrogens (tertiary/aromatic N) is 1. The molecule has 1 aliphatic heterocycles. The second-order valence-corrected chi connectivity index (χ2v) is 9.59. The zero-order valence-electron chi connectivity index (χ0n) is 17.7. The molecule has 2 aromatic carbocycles. The molecule has 1 fully saturated rings. The van der Waals surface area contributed by atoms with Gasteiger partial charge >= 0.3 is 6.18 Å². The Bertz CT molecular complexity index is 1030. The van der Waals surface area contributed by atoms with Gasteiger partial charge in [-0.25, -0.2) is 13.1 Å². The summed E-state index contributed by atoms with van der Waals surface area (Å²) in [5.74, 6) is -0.558. The van der Waals surface area contributed by atoms with Crippen molar-refractivity contribution in [3.63, 3.8) is 0 Å². The zero-order valence-corrected chi connectivity index (χ0v) is 18.5. The van der Waals surface area contributed by atoms with Crippen LogP contribution in [-0.4, -0.2) is 45.4 Å². The molecule has 1 amide bonds. The van der Waals surface area contributed by atoms with Crippen molar-refractivity contribution in [2.75, 3.05) is 26.2 Å². The third-order valence-corrected chi connectivity index (χ3v) is 6.83. The van der Waals surface area contributed by atoms with E-state index in [1.807, 2.05) is 31.2 Å². The van der Waals surface area contributed by atoms with Gasteiger partial charge in [-0.15, -0.1) is 0 Å². The number of aryl methyl sites for hydroxylation is 1. The van der Waals surface area contributed by atoms with E-state index in [-0.39, 0.29) is 6.04 Å². The van der Waals surface area contributed by atoms with Crippen LogP contribution in [0, 0.1) is 6.92 Å². The van der Waals surface area contributed by atoms with Crippen LogP contribution in [0.15, 0.2) is 53.4 Å². The number of amides is 1. The highest BCUT2D eigenvalue weighted by molar-refractivity contribution is 7.89. The van der Waals surface area contributed by atoms with Gasteiger partial charge < -0.3 is 5.32 Å². The second kappa shape index (κ2) is 10.0. The number of hydrogen-bond acceptors (Lipinski definition) is 4. The first kappa shape index (κ1) is 24.2. The summed E-state index contributed by atoms with van der Waals surface area (Å²) in [4.78, 5) is 14.0. The fourth-order valence-corrected chi connectivity index (χ4v) is 4.68. The lowest BCUT2D eigenvalue weighted by Crippen LogP contribution is -2.41. The molecule has 3 rings (SSSR count). The van der Waals surface area contributed by atoms with Gasteiger partial charge in [-0.05, 0) is 56.6 Å². The molecule has 2 N–H and O–H groups in total. The first-order chi connectivity index (χ1) is 15.1. The van der Waals surface area contributed by atoms with Crippen molar-refractivity contribution in [2.24, 2.45) is 0 Å². The fraction of sp³-hybridized carbons (Fsp3) is 0.409. The van der Waals surface area contributed by atoms with Crippen LogP contribution in [0.25, 0.3) is 0 Å². The van der Waals surface area contributed by atoms with Crippen molar-refractivity contribution in [3.8, 4) is 0 Å².